The Balaban J connectivity index is 2.34. The van der Waals surface area contributed by atoms with Crippen molar-refractivity contribution in [1.29, 1.82) is 0 Å². The highest BCUT2D eigenvalue weighted by atomic mass is 32.1. The fourth-order valence-corrected chi connectivity index (χ4v) is 0.815. The smallest absolute Gasteiger partial charge is 0.0590 e. The molecule has 0 N–H and O–H groups in total. The number of allylic oxidation sites excluding steroid dienone is 1. The molecular weight excluding hydrogens is 144 g/mol. The van der Waals surface area contributed by atoms with Gasteiger partial charge in [-0.15, -0.1) is 0 Å². The minimum atomic E-state index is 0.793. The van der Waals surface area contributed by atoms with Crippen LogP contribution in [0.1, 0.15) is 0 Å². The fourth-order valence-electron chi connectivity index (χ4n) is 0.666. The zero-order chi connectivity index (χ0) is 7.23. The third-order valence-corrected chi connectivity index (χ3v) is 1.33. The standard InChI is InChI=1S/C7H10N2S/c10-7-2-1-5-9-6-3-4-8-9/h1-4,6,10H,5,7H2/b2-1+. The van der Waals surface area contributed by atoms with Gasteiger partial charge in [-0.2, -0.15) is 17.7 Å². The van der Waals surface area contributed by atoms with E-state index in [0.29, 0.717) is 0 Å². The lowest BCUT2D eigenvalue weighted by Gasteiger charge is -1.91. The summed E-state index contributed by atoms with van der Waals surface area (Å²) in [4.78, 5) is 0. The molecule has 0 atom stereocenters. The van der Waals surface area contributed by atoms with Gasteiger partial charge < -0.3 is 0 Å². The van der Waals surface area contributed by atoms with E-state index in [2.05, 4.69) is 17.7 Å². The molecule has 0 bridgehead atoms. The van der Waals surface area contributed by atoms with Crippen molar-refractivity contribution in [3.8, 4) is 0 Å². The summed E-state index contributed by atoms with van der Waals surface area (Å²) in [5, 5.41) is 4.03. The molecule has 10 heavy (non-hydrogen) atoms. The Morgan fingerprint density at radius 1 is 1.50 bits per heavy atom. The highest BCUT2D eigenvalue weighted by Crippen LogP contribution is 1.85. The maximum absolute atomic E-state index is 4.04. The molecule has 2 nitrogen and oxygen atoms in total. The number of hydrogen-bond acceptors (Lipinski definition) is 2. The molecule has 0 aliphatic heterocycles. The predicted molar refractivity (Wildman–Crippen MR) is 45.2 cm³/mol. The van der Waals surface area contributed by atoms with Gasteiger partial charge in [0.2, 0.25) is 0 Å². The van der Waals surface area contributed by atoms with Gasteiger partial charge >= 0.3 is 0 Å². The molecule has 0 amide bonds. The SMILES string of the molecule is SC/C=C/Cn1cccn1. The number of nitrogens with zero attached hydrogens (tertiary/aromatic N) is 2. The highest BCUT2D eigenvalue weighted by Gasteiger charge is 1.81. The highest BCUT2D eigenvalue weighted by molar-refractivity contribution is 7.80. The van der Waals surface area contributed by atoms with Crippen molar-refractivity contribution in [2.75, 3.05) is 5.75 Å². The van der Waals surface area contributed by atoms with Crippen molar-refractivity contribution in [3.63, 3.8) is 0 Å². The van der Waals surface area contributed by atoms with Gasteiger partial charge in [0.1, 0.15) is 0 Å². The van der Waals surface area contributed by atoms with Crippen LogP contribution in [-0.2, 0) is 6.54 Å². The number of thiol groups is 1. The van der Waals surface area contributed by atoms with Gasteiger partial charge in [-0.3, -0.25) is 4.68 Å². The first kappa shape index (κ1) is 7.41. The summed E-state index contributed by atoms with van der Waals surface area (Å²) in [5.74, 6) is 0.793. The Bertz CT molecular complexity index is 191. The van der Waals surface area contributed by atoms with Crippen molar-refractivity contribution in [2.45, 2.75) is 6.54 Å². The Morgan fingerprint density at radius 3 is 3.00 bits per heavy atom. The van der Waals surface area contributed by atoms with Crippen LogP contribution in [0.25, 0.3) is 0 Å². The molecule has 0 saturated carbocycles. The van der Waals surface area contributed by atoms with E-state index >= 15 is 0 Å². The molecular formula is C7H10N2S. The van der Waals surface area contributed by atoms with Gasteiger partial charge in [0.05, 0.1) is 6.54 Å². The number of aromatic nitrogens is 2. The normalized spacial score (nSPS) is 10.9. The van der Waals surface area contributed by atoms with Crippen LogP contribution in [0, 0.1) is 0 Å². The summed E-state index contributed by atoms with van der Waals surface area (Å²) in [6.45, 7) is 0.841. The molecule has 54 valence electrons. The molecule has 0 aliphatic rings. The summed E-state index contributed by atoms with van der Waals surface area (Å²) in [6, 6.07) is 1.91. The van der Waals surface area contributed by atoms with E-state index in [4.69, 9.17) is 0 Å². The van der Waals surface area contributed by atoms with Crippen LogP contribution in [0.5, 0.6) is 0 Å². The van der Waals surface area contributed by atoms with Gasteiger partial charge in [-0.05, 0) is 6.07 Å². The van der Waals surface area contributed by atoms with Crippen LogP contribution >= 0.6 is 12.6 Å². The molecule has 1 aromatic rings. The van der Waals surface area contributed by atoms with Crippen molar-refractivity contribution >= 4 is 12.6 Å². The second-order valence-corrected chi connectivity index (χ2v) is 2.25. The van der Waals surface area contributed by atoms with Crippen LogP contribution in [0.2, 0.25) is 0 Å². The topological polar surface area (TPSA) is 17.8 Å². The largest absolute Gasteiger partial charge is 0.269 e. The lowest BCUT2D eigenvalue weighted by molar-refractivity contribution is 0.701. The molecule has 1 rings (SSSR count). The molecule has 0 radical (unpaired) electrons. The molecule has 1 aromatic heterocycles. The Hall–Kier alpha value is -0.700. The van der Waals surface area contributed by atoms with E-state index in [-0.39, 0.29) is 0 Å². The molecule has 1 heterocycles. The van der Waals surface area contributed by atoms with Crippen LogP contribution in [0.15, 0.2) is 30.6 Å². The quantitative estimate of drug-likeness (QED) is 0.514. The maximum atomic E-state index is 4.04. The maximum Gasteiger partial charge on any atom is 0.0590 e. The van der Waals surface area contributed by atoms with E-state index in [9.17, 15) is 0 Å². The summed E-state index contributed by atoms with van der Waals surface area (Å²) in [5.41, 5.74) is 0. The second kappa shape index (κ2) is 4.17. The molecule has 0 spiro atoms. The summed E-state index contributed by atoms with van der Waals surface area (Å²) in [7, 11) is 0. The first-order valence-corrected chi connectivity index (χ1v) is 3.80. The van der Waals surface area contributed by atoms with Crippen LogP contribution in [0.4, 0.5) is 0 Å². The predicted octanol–water partition coefficient (Wildman–Crippen LogP) is 1.37. The average molecular weight is 154 g/mol. The molecule has 0 aromatic carbocycles. The van der Waals surface area contributed by atoms with E-state index in [0.717, 1.165) is 12.3 Å². The second-order valence-electron chi connectivity index (χ2n) is 1.88. The van der Waals surface area contributed by atoms with Gasteiger partial charge in [-0.25, -0.2) is 0 Å². The third-order valence-electron chi connectivity index (χ3n) is 1.12. The fraction of sp³-hybridized carbons (Fsp3) is 0.286. The van der Waals surface area contributed by atoms with E-state index < -0.39 is 0 Å². The summed E-state index contributed by atoms with van der Waals surface area (Å²) in [6.07, 6.45) is 7.75. The first-order valence-electron chi connectivity index (χ1n) is 3.17. The van der Waals surface area contributed by atoms with Gasteiger partial charge in [0.15, 0.2) is 0 Å². The zero-order valence-electron chi connectivity index (χ0n) is 5.64. The molecule has 0 fully saturated rings. The third kappa shape index (κ3) is 2.27. The Kier molecular flexibility index (Phi) is 3.09. The van der Waals surface area contributed by atoms with E-state index in [1.54, 1.807) is 6.20 Å². The van der Waals surface area contributed by atoms with Gasteiger partial charge in [0.25, 0.3) is 0 Å². The van der Waals surface area contributed by atoms with Crippen molar-refractivity contribution in [3.05, 3.63) is 30.6 Å². The van der Waals surface area contributed by atoms with Gasteiger partial charge in [-0.1, -0.05) is 12.2 Å². The number of rotatable bonds is 3. The minimum Gasteiger partial charge on any atom is -0.269 e. The van der Waals surface area contributed by atoms with Gasteiger partial charge in [0, 0.05) is 18.1 Å². The van der Waals surface area contributed by atoms with Crippen LogP contribution in [-0.4, -0.2) is 15.5 Å². The number of hydrogen-bond donors (Lipinski definition) is 1. The van der Waals surface area contributed by atoms with E-state index in [1.807, 2.05) is 29.1 Å². The minimum absolute atomic E-state index is 0.793. The monoisotopic (exact) mass is 154 g/mol. The Labute approximate surface area is 66.0 Å². The molecule has 0 unspecified atom stereocenters. The average Bonchev–Trinajstić information content (AvgIpc) is 2.41. The summed E-state index contributed by atoms with van der Waals surface area (Å²) < 4.78 is 1.86. The van der Waals surface area contributed by atoms with Crippen LogP contribution < -0.4 is 0 Å². The van der Waals surface area contributed by atoms with Crippen molar-refractivity contribution < 1.29 is 0 Å². The first-order chi connectivity index (χ1) is 4.93. The lowest BCUT2D eigenvalue weighted by atomic mass is 10.5. The van der Waals surface area contributed by atoms with Crippen LogP contribution in [0.3, 0.4) is 0 Å². The van der Waals surface area contributed by atoms with E-state index in [1.165, 1.54) is 0 Å². The molecule has 0 aliphatic carbocycles. The molecule has 0 saturated heterocycles. The lowest BCUT2D eigenvalue weighted by Crippen LogP contribution is -1.93. The summed E-state index contributed by atoms with van der Waals surface area (Å²) >= 11 is 4.04. The van der Waals surface area contributed by atoms with Crippen molar-refractivity contribution in [2.24, 2.45) is 0 Å². The van der Waals surface area contributed by atoms with Crippen molar-refractivity contribution in [1.82, 2.24) is 9.78 Å². The zero-order valence-corrected chi connectivity index (χ0v) is 6.54. The molecule has 3 heteroatoms. The Morgan fingerprint density at radius 2 is 2.40 bits per heavy atom.